The van der Waals surface area contributed by atoms with E-state index >= 15 is 0 Å². The van der Waals surface area contributed by atoms with Gasteiger partial charge >= 0.3 is 0 Å². The van der Waals surface area contributed by atoms with Gasteiger partial charge in [-0.2, -0.15) is 0 Å². The van der Waals surface area contributed by atoms with E-state index in [9.17, 15) is 4.79 Å². The van der Waals surface area contributed by atoms with Gasteiger partial charge in [0.15, 0.2) is 5.78 Å². The molecule has 0 saturated carbocycles. The first-order valence-electron chi connectivity index (χ1n) is 7.19. The molecule has 2 heterocycles. The number of carbonyl (C=O) groups is 1. The second-order valence-corrected chi connectivity index (χ2v) is 8.83. The van der Waals surface area contributed by atoms with Crippen LogP contribution in [-0.4, -0.2) is 5.78 Å². The fourth-order valence-electron chi connectivity index (χ4n) is 3.56. The quantitative estimate of drug-likeness (QED) is 0.657. The van der Waals surface area contributed by atoms with E-state index in [1.807, 2.05) is 11.3 Å². The van der Waals surface area contributed by atoms with E-state index in [-0.39, 0.29) is 11.2 Å². The number of thiophene rings is 2. The average molecular weight is 335 g/mol. The Morgan fingerprint density at radius 3 is 2.52 bits per heavy atom. The first-order chi connectivity index (χ1) is 10.1. The lowest BCUT2D eigenvalue weighted by Crippen LogP contribution is -2.28. The van der Waals surface area contributed by atoms with Crippen LogP contribution >= 0.6 is 34.3 Å². The lowest BCUT2D eigenvalue weighted by molar-refractivity contribution is -0.115. The Hall–Kier alpha value is -0.900. The van der Waals surface area contributed by atoms with Gasteiger partial charge in [-0.25, -0.2) is 0 Å². The monoisotopic (exact) mass is 334 g/mol. The summed E-state index contributed by atoms with van der Waals surface area (Å²) in [6, 6.07) is 4.45. The highest BCUT2D eigenvalue weighted by molar-refractivity contribution is 7.17. The van der Waals surface area contributed by atoms with Crippen LogP contribution in [0, 0.1) is 6.92 Å². The smallest absolute Gasteiger partial charge is 0.155 e. The number of rotatable bonds is 0. The number of aryl methyl sites for hydroxylation is 3. The lowest BCUT2D eigenvalue weighted by Gasteiger charge is -2.32. The van der Waals surface area contributed by atoms with Gasteiger partial charge in [0, 0.05) is 21.1 Å². The van der Waals surface area contributed by atoms with Crippen molar-refractivity contribution in [3.63, 3.8) is 0 Å². The van der Waals surface area contributed by atoms with Gasteiger partial charge in [-0.1, -0.05) is 17.7 Å². The number of allylic oxidation sites excluding steroid dienone is 2. The minimum absolute atomic E-state index is 0.119. The van der Waals surface area contributed by atoms with Crippen molar-refractivity contribution in [1.29, 1.82) is 0 Å². The molecule has 2 aromatic rings. The number of hydrogen-bond acceptors (Lipinski definition) is 3. The third kappa shape index (κ3) is 2.06. The summed E-state index contributed by atoms with van der Waals surface area (Å²) in [6.45, 7) is 2.17. The molecule has 1 atom stereocenters. The molecule has 4 heteroatoms. The van der Waals surface area contributed by atoms with Crippen LogP contribution in [0.15, 0.2) is 24.3 Å². The van der Waals surface area contributed by atoms with E-state index in [1.54, 1.807) is 17.4 Å². The van der Waals surface area contributed by atoms with Crippen LogP contribution < -0.4 is 0 Å². The zero-order valence-corrected chi connectivity index (χ0v) is 14.1. The normalized spacial score (nSPS) is 24.0. The van der Waals surface area contributed by atoms with E-state index in [4.69, 9.17) is 11.6 Å². The number of halogens is 1. The molecule has 0 aromatic carbocycles. The molecule has 0 saturated heterocycles. The molecule has 1 nitrogen and oxygen atoms in total. The molecule has 4 rings (SSSR count). The van der Waals surface area contributed by atoms with Crippen molar-refractivity contribution in [2.45, 2.75) is 38.0 Å². The summed E-state index contributed by atoms with van der Waals surface area (Å²) < 4.78 is 0.862. The summed E-state index contributed by atoms with van der Waals surface area (Å²) in [5.41, 5.74) is 2.70. The van der Waals surface area contributed by atoms with Crippen LogP contribution in [0.2, 0.25) is 4.34 Å². The summed E-state index contributed by atoms with van der Waals surface area (Å²) in [7, 11) is 0. The van der Waals surface area contributed by atoms with Crippen LogP contribution in [-0.2, 0) is 23.1 Å². The summed E-state index contributed by atoms with van der Waals surface area (Å²) >= 11 is 9.87. The number of carbonyl (C=O) groups excluding carboxylic acids is 1. The highest BCUT2D eigenvalue weighted by Crippen LogP contribution is 2.51. The maximum Gasteiger partial charge on any atom is 0.155 e. The van der Waals surface area contributed by atoms with Crippen molar-refractivity contribution < 1.29 is 4.79 Å². The molecule has 0 radical (unpaired) electrons. The van der Waals surface area contributed by atoms with Gasteiger partial charge in [0.25, 0.3) is 0 Å². The van der Waals surface area contributed by atoms with Crippen LogP contribution in [0.5, 0.6) is 0 Å². The molecule has 0 fully saturated rings. The zero-order valence-electron chi connectivity index (χ0n) is 11.7. The third-order valence-corrected chi connectivity index (χ3v) is 7.26. The topological polar surface area (TPSA) is 17.1 Å². The van der Waals surface area contributed by atoms with Crippen LogP contribution in [0.3, 0.4) is 0 Å². The van der Waals surface area contributed by atoms with Gasteiger partial charge in [-0.15, -0.1) is 22.7 Å². The predicted molar refractivity (Wildman–Crippen MR) is 90.0 cm³/mol. The fourth-order valence-corrected chi connectivity index (χ4v) is 6.40. The Morgan fingerprint density at radius 1 is 1.10 bits per heavy atom. The summed E-state index contributed by atoms with van der Waals surface area (Å²) in [5.74, 6) is 0.240. The van der Waals surface area contributed by atoms with Crippen molar-refractivity contribution in [2.75, 3.05) is 0 Å². The lowest BCUT2D eigenvalue weighted by atomic mass is 9.75. The van der Waals surface area contributed by atoms with E-state index in [0.717, 1.165) is 23.6 Å². The fraction of sp³-hybridized carbons (Fsp3) is 0.353. The second kappa shape index (κ2) is 4.80. The molecule has 108 valence electrons. The van der Waals surface area contributed by atoms with E-state index < -0.39 is 0 Å². The van der Waals surface area contributed by atoms with Crippen molar-refractivity contribution in [2.24, 2.45) is 0 Å². The minimum Gasteiger partial charge on any atom is -0.295 e. The van der Waals surface area contributed by atoms with Crippen molar-refractivity contribution in [1.82, 2.24) is 0 Å². The van der Waals surface area contributed by atoms with E-state index in [0.29, 0.717) is 6.42 Å². The number of ketones is 1. The van der Waals surface area contributed by atoms with Crippen LogP contribution in [0.1, 0.15) is 38.6 Å². The molecule has 1 unspecified atom stereocenters. The van der Waals surface area contributed by atoms with Crippen LogP contribution in [0.4, 0.5) is 0 Å². The van der Waals surface area contributed by atoms with Gasteiger partial charge in [0.05, 0.1) is 9.75 Å². The van der Waals surface area contributed by atoms with E-state index in [1.165, 1.54) is 25.8 Å². The molecule has 0 bridgehead atoms. The molecule has 2 aliphatic rings. The highest BCUT2D eigenvalue weighted by Gasteiger charge is 2.42. The van der Waals surface area contributed by atoms with Crippen molar-refractivity contribution in [3.8, 4) is 0 Å². The molecule has 2 aromatic heterocycles. The van der Waals surface area contributed by atoms with Gasteiger partial charge in [-0.3, -0.25) is 4.79 Å². The van der Waals surface area contributed by atoms with E-state index in [2.05, 4.69) is 25.1 Å². The first kappa shape index (κ1) is 13.7. The van der Waals surface area contributed by atoms with Gasteiger partial charge in [0.2, 0.25) is 0 Å². The van der Waals surface area contributed by atoms with Gasteiger partial charge < -0.3 is 0 Å². The molecular formula is C17H15ClOS2. The largest absolute Gasteiger partial charge is 0.295 e. The minimum atomic E-state index is -0.119. The Balaban J connectivity index is 2.02. The van der Waals surface area contributed by atoms with Crippen molar-refractivity contribution >= 4 is 40.1 Å². The number of fused-ring (bicyclic) bond motifs is 4. The van der Waals surface area contributed by atoms with Crippen molar-refractivity contribution in [3.05, 3.63) is 54.4 Å². The van der Waals surface area contributed by atoms with Gasteiger partial charge in [-0.05, 0) is 55.5 Å². The molecule has 0 aliphatic heterocycles. The molecule has 0 N–H and O–H groups in total. The summed E-state index contributed by atoms with van der Waals surface area (Å²) in [5, 5.41) is 0. The molecule has 21 heavy (non-hydrogen) atoms. The molecule has 2 aliphatic carbocycles. The Bertz CT molecular complexity index is 718. The Labute approximate surface area is 137 Å². The number of hydrogen-bond donors (Lipinski definition) is 0. The SMILES string of the molecule is Cc1cc2c(s1)C1(C=CC(=O)CC1)c1sc(Cl)cc1CC2. The maximum atomic E-state index is 11.7. The van der Waals surface area contributed by atoms with Crippen LogP contribution in [0.25, 0.3) is 0 Å². The second-order valence-electron chi connectivity index (χ2n) is 5.89. The summed E-state index contributed by atoms with van der Waals surface area (Å²) in [6.07, 6.45) is 7.55. The highest BCUT2D eigenvalue weighted by atomic mass is 35.5. The van der Waals surface area contributed by atoms with Gasteiger partial charge in [0.1, 0.15) is 0 Å². The predicted octanol–water partition coefficient (Wildman–Crippen LogP) is 5.08. The zero-order chi connectivity index (χ0) is 14.6. The maximum absolute atomic E-state index is 11.7. The Kier molecular flexibility index (Phi) is 3.14. The average Bonchev–Trinajstić information content (AvgIpc) is 2.99. The standard InChI is InChI=1S/C17H15ClOS2/c1-10-8-11-2-3-12-9-14(18)21-16(12)17(15(11)20-10)6-4-13(19)5-7-17/h4,6,8-9H,2-3,5,7H2,1H3. The molecular weight excluding hydrogens is 320 g/mol. The third-order valence-electron chi connectivity index (χ3n) is 4.50. The first-order valence-corrected chi connectivity index (χ1v) is 9.20. The molecule has 0 amide bonds. The summed E-state index contributed by atoms with van der Waals surface area (Å²) in [4.78, 5) is 15.9. The Morgan fingerprint density at radius 2 is 1.81 bits per heavy atom. The molecule has 1 spiro atoms.